The Hall–Kier alpha value is -2.84. The first-order valence-electron chi connectivity index (χ1n) is 13.2. The Morgan fingerprint density at radius 2 is 1.70 bits per heavy atom. The third-order valence-corrected chi connectivity index (χ3v) is 8.83. The molecule has 0 bridgehead atoms. The lowest BCUT2D eigenvalue weighted by Crippen LogP contribution is -2.36. The van der Waals surface area contributed by atoms with Crippen molar-refractivity contribution in [3.05, 3.63) is 77.2 Å². The fraction of sp³-hybridized carbons (Fsp3) is 0.433. The van der Waals surface area contributed by atoms with Crippen molar-refractivity contribution in [3.8, 4) is 22.8 Å². The molecule has 0 amide bonds. The summed E-state index contributed by atoms with van der Waals surface area (Å²) < 4.78 is 52.8. The van der Waals surface area contributed by atoms with Gasteiger partial charge in [-0.3, -0.25) is 9.46 Å². The smallest absolute Gasteiger partial charge is 0.362 e. The molecule has 1 heterocycles. The molecule has 0 saturated carbocycles. The summed E-state index contributed by atoms with van der Waals surface area (Å²) in [6.07, 6.45) is 1.15. The number of aromatic nitrogens is 1. The van der Waals surface area contributed by atoms with Gasteiger partial charge in [0.2, 0.25) is 11.3 Å². The van der Waals surface area contributed by atoms with Gasteiger partial charge in [0.15, 0.2) is 0 Å². The number of nitrogens with zero attached hydrogens (tertiary/aromatic N) is 2. The van der Waals surface area contributed by atoms with Gasteiger partial charge >= 0.3 is 7.60 Å². The average molecular weight is 577 g/mol. The summed E-state index contributed by atoms with van der Waals surface area (Å²) in [5, 5.41) is -2.72. The minimum absolute atomic E-state index is 0.183. The van der Waals surface area contributed by atoms with Gasteiger partial charge in [0.25, 0.3) is 0 Å². The zero-order valence-corrected chi connectivity index (χ0v) is 25.0. The van der Waals surface area contributed by atoms with Crippen molar-refractivity contribution in [1.82, 2.24) is 9.88 Å². The molecule has 2 aromatic carbocycles. The largest absolute Gasteiger partial charge is 0.489 e. The van der Waals surface area contributed by atoms with E-state index in [9.17, 15) is 23.1 Å². The van der Waals surface area contributed by atoms with Crippen LogP contribution in [0.25, 0.3) is 11.1 Å². The summed E-state index contributed by atoms with van der Waals surface area (Å²) in [5.74, 6) is -0.759. The van der Waals surface area contributed by atoms with Crippen LogP contribution < -0.4 is 9.47 Å². The Morgan fingerprint density at radius 3 is 2.30 bits per heavy atom. The fourth-order valence-electron chi connectivity index (χ4n) is 4.62. The second kappa shape index (κ2) is 12.8. The van der Waals surface area contributed by atoms with Gasteiger partial charge in [-0.05, 0) is 69.0 Å². The predicted molar refractivity (Wildman–Crippen MR) is 153 cm³/mol. The van der Waals surface area contributed by atoms with Crippen LogP contribution in [0.1, 0.15) is 64.2 Å². The molecule has 7 nitrogen and oxygen atoms in total. The van der Waals surface area contributed by atoms with E-state index in [0.717, 1.165) is 29.8 Å². The maximum absolute atomic E-state index is 14.9. The van der Waals surface area contributed by atoms with Gasteiger partial charge in [-0.1, -0.05) is 37.3 Å². The number of hydrogen-bond acceptors (Lipinski definition) is 5. The number of pyridine rings is 1. The second-order valence-electron chi connectivity index (χ2n) is 10.7. The van der Waals surface area contributed by atoms with Crippen molar-refractivity contribution in [3.63, 3.8) is 0 Å². The molecule has 0 spiro atoms. The molecule has 3 aromatic rings. The SMILES string of the molecule is COc1cc(-c2ccc(COc3cccc([C@H](C)[C@@](C)(F)P(=O)(O)O)c3)cc2CN(C(C)C)C(C)C)c(F)cn1. The summed E-state index contributed by atoms with van der Waals surface area (Å²) in [6, 6.07) is 14.4. The number of benzene rings is 2. The average Bonchev–Trinajstić information content (AvgIpc) is 2.89. The first-order chi connectivity index (χ1) is 18.7. The van der Waals surface area contributed by atoms with E-state index in [2.05, 4.69) is 37.6 Å². The van der Waals surface area contributed by atoms with Crippen molar-refractivity contribution in [2.45, 2.75) is 78.1 Å². The fourth-order valence-corrected chi connectivity index (χ4v) is 5.28. The Balaban J connectivity index is 1.94. The molecule has 2 atom stereocenters. The second-order valence-corrected chi connectivity index (χ2v) is 12.7. The van der Waals surface area contributed by atoms with Crippen LogP contribution in [-0.4, -0.2) is 44.3 Å². The van der Waals surface area contributed by atoms with E-state index in [1.807, 2.05) is 18.2 Å². The number of hydrogen-bond donors (Lipinski definition) is 2. The van der Waals surface area contributed by atoms with Crippen LogP contribution in [0.3, 0.4) is 0 Å². The van der Waals surface area contributed by atoms with Gasteiger partial charge in [-0.2, -0.15) is 0 Å². The quantitative estimate of drug-likeness (QED) is 0.223. The minimum atomic E-state index is -4.99. The Morgan fingerprint density at radius 1 is 1.02 bits per heavy atom. The molecule has 0 unspecified atom stereocenters. The van der Waals surface area contributed by atoms with Gasteiger partial charge in [0.05, 0.1) is 13.3 Å². The molecule has 0 fully saturated rings. The van der Waals surface area contributed by atoms with Crippen LogP contribution >= 0.6 is 7.60 Å². The molecule has 0 aliphatic heterocycles. The van der Waals surface area contributed by atoms with Crippen molar-refractivity contribution in [1.29, 1.82) is 0 Å². The van der Waals surface area contributed by atoms with E-state index in [-0.39, 0.29) is 18.7 Å². The van der Waals surface area contributed by atoms with Gasteiger partial charge in [0, 0.05) is 36.2 Å². The maximum Gasteiger partial charge on any atom is 0.362 e. The molecule has 1 aromatic heterocycles. The molecule has 0 aliphatic rings. The minimum Gasteiger partial charge on any atom is -0.489 e. The third kappa shape index (κ3) is 7.26. The van der Waals surface area contributed by atoms with Crippen LogP contribution in [0.15, 0.2) is 54.7 Å². The van der Waals surface area contributed by atoms with Crippen LogP contribution in [0, 0.1) is 5.82 Å². The number of alkyl halides is 1. The third-order valence-electron chi connectivity index (χ3n) is 7.30. The predicted octanol–water partition coefficient (Wildman–Crippen LogP) is 7.06. The van der Waals surface area contributed by atoms with Gasteiger partial charge < -0.3 is 19.3 Å². The normalized spacial score (nSPS) is 14.4. The highest BCUT2D eigenvalue weighted by Gasteiger charge is 2.48. The van der Waals surface area contributed by atoms with E-state index >= 15 is 0 Å². The number of rotatable bonds is 12. The summed E-state index contributed by atoms with van der Waals surface area (Å²) in [6.45, 7) is 11.6. The molecule has 0 radical (unpaired) electrons. The molecule has 10 heteroatoms. The maximum atomic E-state index is 14.9. The van der Waals surface area contributed by atoms with Crippen molar-refractivity contribution in [2.24, 2.45) is 0 Å². The van der Waals surface area contributed by atoms with Crippen molar-refractivity contribution < 1.29 is 32.6 Å². The Labute approximate surface area is 235 Å². The number of ether oxygens (including phenoxy) is 2. The van der Waals surface area contributed by atoms with E-state index in [1.54, 1.807) is 30.3 Å². The molecule has 3 rings (SSSR count). The van der Waals surface area contributed by atoms with Crippen LogP contribution in [0.2, 0.25) is 0 Å². The standard InChI is InChI=1S/C30H39F2N2O5P/c1-19(2)34(20(3)4)17-24-13-22(11-12-26(24)27-15-29(38-7)33-16-28(27)31)18-39-25-10-8-9-23(14-25)21(5)30(6,32)40(35,36)37/h8-16,19-21H,17-18H2,1-7H3,(H2,35,36,37)/t21-,30-/m0/s1. The summed E-state index contributed by atoms with van der Waals surface area (Å²) >= 11 is 0. The lowest BCUT2D eigenvalue weighted by molar-refractivity contribution is 0.166. The zero-order valence-electron chi connectivity index (χ0n) is 24.1. The van der Waals surface area contributed by atoms with E-state index in [0.29, 0.717) is 29.3 Å². The van der Waals surface area contributed by atoms with E-state index in [1.165, 1.54) is 14.0 Å². The molecule has 40 heavy (non-hydrogen) atoms. The lowest BCUT2D eigenvalue weighted by Gasteiger charge is -2.31. The van der Waals surface area contributed by atoms with Crippen LogP contribution in [0.5, 0.6) is 11.6 Å². The monoisotopic (exact) mass is 576 g/mol. The number of methoxy groups -OCH3 is 1. The molecule has 218 valence electrons. The zero-order chi connectivity index (χ0) is 29.8. The van der Waals surface area contributed by atoms with E-state index in [4.69, 9.17) is 9.47 Å². The van der Waals surface area contributed by atoms with Crippen molar-refractivity contribution >= 4 is 7.60 Å². The topological polar surface area (TPSA) is 92.1 Å². The highest BCUT2D eigenvalue weighted by Crippen LogP contribution is 2.58. The van der Waals surface area contributed by atoms with Gasteiger partial charge in [-0.15, -0.1) is 0 Å². The van der Waals surface area contributed by atoms with Gasteiger partial charge in [-0.25, -0.2) is 13.8 Å². The lowest BCUT2D eigenvalue weighted by atomic mass is 9.96. The number of halogens is 2. The summed E-state index contributed by atoms with van der Waals surface area (Å²) in [7, 11) is -3.50. The van der Waals surface area contributed by atoms with E-state index < -0.39 is 24.7 Å². The molecule has 0 saturated heterocycles. The van der Waals surface area contributed by atoms with Crippen molar-refractivity contribution in [2.75, 3.05) is 7.11 Å². The Kier molecular flexibility index (Phi) is 10.1. The molecule has 0 aliphatic carbocycles. The molecular formula is C30H39F2N2O5P. The molecular weight excluding hydrogens is 537 g/mol. The Bertz CT molecular complexity index is 1350. The first-order valence-corrected chi connectivity index (χ1v) is 14.8. The van der Waals surface area contributed by atoms with Crippen LogP contribution in [0.4, 0.5) is 8.78 Å². The summed E-state index contributed by atoms with van der Waals surface area (Å²) in [4.78, 5) is 25.2. The highest BCUT2D eigenvalue weighted by atomic mass is 31.2. The van der Waals surface area contributed by atoms with Crippen LogP contribution in [-0.2, 0) is 17.7 Å². The molecule has 2 N–H and O–H groups in total. The highest BCUT2D eigenvalue weighted by molar-refractivity contribution is 7.53. The van der Waals surface area contributed by atoms with Gasteiger partial charge in [0.1, 0.15) is 18.2 Å². The first kappa shape index (κ1) is 31.7. The summed E-state index contributed by atoms with van der Waals surface area (Å²) in [5.41, 5.74) is 3.28.